The second-order valence-corrected chi connectivity index (χ2v) is 3.11. The first-order chi connectivity index (χ1) is 5.79. The molecule has 0 saturated heterocycles. The summed E-state index contributed by atoms with van der Waals surface area (Å²) in [6, 6.07) is 0. The summed E-state index contributed by atoms with van der Waals surface area (Å²) in [7, 11) is 0. The Labute approximate surface area is 71.2 Å². The Balaban J connectivity index is 2.38. The monoisotopic (exact) mass is 167 g/mol. The highest BCUT2D eigenvalue weighted by Gasteiger charge is 2.15. The normalized spacial score (nSPS) is 18.8. The molecule has 1 aliphatic heterocycles. The van der Waals surface area contributed by atoms with Crippen molar-refractivity contribution < 1.29 is 5.11 Å². The molecule has 0 fully saturated rings. The molecule has 66 valence electrons. The summed E-state index contributed by atoms with van der Waals surface area (Å²) in [5.41, 5.74) is 1.16. The molecule has 2 heterocycles. The van der Waals surface area contributed by atoms with Gasteiger partial charge in [0.05, 0.1) is 5.69 Å². The molecule has 1 aromatic heterocycles. The number of aromatic nitrogens is 2. The van der Waals surface area contributed by atoms with Crippen LogP contribution >= 0.6 is 0 Å². The summed E-state index contributed by atoms with van der Waals surface area (Å²) in [6.45, 7) is 4.48. The summed E-state index contributed by atoms with van der Waals surface area (Å²) in [5, 5.41) is 12.6. The van der Waals surface area contributed by atoms with Crippen molar-refractivity contribution in [2.24, 2.45) is 0 Å². The smallest absolute Gasteiger partial charge is 0.137 e. The maximum absolute atomic E-state index is 9.36. The van der Waals surface area contributed by atoms with Crippen molar-refractivity contribution in [3.63, 3.8) is 0 Å². The zero-order valence-electron chi connectivity index (χ0n) is 7.12. The van der Waals surface area contributed by atoms with E-state index in [-0.39, 0.29) is 0 Å². The number of rotatable bonds is 1. The van der Waals surface area contributed by atoms with Gasteiger partial charge in [-0.1, -0.05) is 0 Å². The zero-order chi connectivity index (χ0) is 8.55. The van der Waals surface area contributed by atoms with Crippen molar-refractivity contribution >= 4 is 0 Å². The number of fused-ring (bicyclic) bond motifs is 1. The molecule has 0 saturated carbocycles. The van der Waals surface area contributed by atoms with Crippen LogP contribution in [0.4, 0.5) is 0 Å². The summed E-state index contributed by atoms with van der Waals surface area (Å²) in [6.07, 6.45) is 1.37. The SMILES string of the molecule is C[C@@H](O)c1ncc2n1CCNC2. The van der Waals surface area contributed by atoms with Crippen molar-refractivity contribution in [1.29, 1.82) is 0 Å². The van der Waals surface area contributed by atoms with Crippen LogP contribution in [0.1, 0.15) is 24.5 Å². The highest BCUT2D eigenvalue weighted by Crippen LogP contribution is 2.14. The lowest BCUT2D eigenvalue weighted by molar-refractivity contribution is 0.182. The Bertz CT molecular complexity index is 280. The van der Waals surface area contributed by atoms with Gasteiger partial charge in [0.1, 0.15) is 11.9 Å². The quantitative estimate of drug-likeness (QED) is 0.621. The molecular formula is C8H13N3O. The Kier molecular flexibility index (Phi) is 1.86. The Morgan fingerprint density at radius 1 is 1.75 bits per heavy atom. The van der Waals surface area contributed by atoms with Crippen molar-refractivity contribution in [1.82, 2.24) is 14.9 Å². The van der Waals surface area contributed by atoms with E-state index in [1.54, 1.807) is 6.92 Å². The Morgan fingerprint density at radius 3 is 3.33 bits per heavy atom. The summed E-state index contributed by atoms with van der Waals surface area (Å²) in [4.78, 5) is 4.17. The van der Waals surface area contributed by atoms with Crippen LogP contribution in [0, 0.1) is 0 Å². The predicted molar refractivity (Wildman–Crippen MR) is 44.6 cm³/mol. The number of hydrogen-bond acceptors (Lipinski definition) is 3. The molecule has 12 heavy (non-hydrogen) atoms. The molecule has 0 unspecified atom stereocenters. The van der Waals surface area contributed by atoms with Crippen molar-refractivity contribution in [3.05, 3.63) is 17.7 Å². The summed E-state index contributed by atoms with van der Waals surface area (Å²) >= 11 is 0. The van der Waals surface area contributed by atoms with E-state index in [1.165, 1.54) is 0 Å². The fourth-order valence-electron chi connectivity index (χ4n) is 1.57. The van der Waals surface area contributed by atoms with Crippen LogP contribution in [-0.4, -0.2) is 21.2 Å². The lowest BCUT2D eigenvalue weighted by Gasteiger charge is -2.18. The second-order valence-electron chi connectivity index (χ2n) is 3.11. The molecule has 1 aliphatic rings. The first-order valence-corrected chi connectivity index (χ1v) is 4.22. The molecular weight excluding hydrogens is 154 g/mol. The molecule has 0 bridgehead atoms. The maximum atomic E-state index is 9.36. The molecule has 4 nitrogen and oxygen atoms in total. The van der Waals surface area contributed by atoms with Crippen LogP contribution in [0.2, 0.25) is 0 Å². The van der Waals surface area contributed by atoms with Gasteiger partial charge >= 0.3 is 0 Å². The third-order valence-corrected chi connectivity index (χ3v) is 2.16. The first kappa shape index (κ1) is 7.76. The van der Waals surface area contributed by atoms with Gasteiger partial charge in [-0.25, -0.2) is 4.98 Å². The molecule has 0 amide bonds. The lowest BCUT2D eigenvalue weighted by Crippen LogP contribution is -2.28. The largest absolute Gasteiger partial charge is 0.385 e. The lowest BCUT2D eigenvalue weighted by atomic mass is 10.3. The minimum absolute atomic E-state index is 0.461. The van der Waals surface area contributed by atoms with Gasteiger partial charge < -0.3 is 15.0 Å². The van der Waals surface area contributed by atoms with Gasteiger partial charge in [0.2, 0.25) is 0 Å². The second kappa shape index (κ2) is 2.88. The van der Waals surface area contributed by atoms with Crippen molar-refractivity contribution in [2.45, 2.75) is 26.1 Å². The fourth-order valence-corrected chi connectivity index (χ4v) is 1.57. The number of hydrogen-bond donors (Lipinski definition) is 2. The van der Waals surface area contributed by atoms with E-state index >= 15 is 0 Å². The summed E-state index contributed by atoms with van der Waals surface area (Å²) < 4.78 is 2.08. The number of imidazole rings is 1. The molecule has 1 aromatic rings. The van der Waals surface area contributed by atoms with Gasteiger partial charge in [0.25, 0.3) is 0 Å². The molecule has 0 aromatic carbocycles. The van der Waals surface area contributed by atoms with Gasteiger partial charge in [-0.3, -0.25) is 0 Å². The highest BCUT2D eigenvalue weighted by atomic mass is 16.3. The minimum Gasteiger partial charge on any atom is -0.385 e. The third-order valence-electron chi connectivity index (χ3n) is 2.16. The van der Waals surface area contributed by atoms with E-state index in [9.17, 15) is 5.11 Å². The topological polar surface area (TPSA) is 50.1 Å². The Morgan fingerprint density at radius 2 is 2.58 bits per heavy atom. The minimum atomic E-state index is -0.461. The number of aliphatic hydroxyl groups is 1. The molecule has 4 heteroatoms. The van der Waals surface area contributed by atoms with Crippen LogP contribution in [0.25, 0.3) is 0 Å². The molecule has 0 aliphatic carbocycles. The molecule has 2 rings (SSSR count). The average Bonchev–Trinajstić information content (AvgIpc) is 2.47. The average molecular weight is 167 g/mol. The Hall–Kier alpha value is -0.870. The fraction of sp³-hybridized carbons (Fsp3) is 0.625. The standard InChI is InChI=1S/C8H13N3O/c1-6(12)8-10-5-7-4-9-2-3-11(7)8/h5-6,9,12H,2-4H2,1H3/t6-/m1/s1. The van der Waals surface area contributed by atoms with Gasteiger partial charge in [-0.15, -0.1) is 0 Å². The van der Waals surface area contributed by atoms with Crippen molar-refractivity contribution in [3.8, 4) is 0 Å². The molecule has 1 atom stereocenters. The van der Waals surface area contributed by atoms with Crippen LogP contribution in [0.15, 0.2) is 6.20 Å². The van der Waals surface area contributed by atoms with E-state index in [0.29, 0.717) is 0 Å². The maximum Gasteiger partial charge on any atom is 0.137 e. The van der Waals surface area contributed by atoms with Crippen LogP contribution < -0.4 is 5.32 Å². The first-order valence-electron chi connectivity index (χ1n) is 4.22. The van der Waals surface area contributed by atoms with E-state index in [4.69, 9.17) is 0 Å². The molecule has 0 radical (unpaired) electrons. The van der Waals surface area contributed by atoms with Crippen LogP contribution in [-0.2, 0) is 13.1 Å². The third kappa shape index (κ3) is 1.13. The number of aliphatic hydroxyl groups excluding tert-OH is 1. The molecule has 0 spiro atoms. The van der Waals surface area contributed by atoms with Gasteiger partial charge in [0, 0.05) is 25.8 Å². The summed E-state index contributed by atoms with van der Waals surface area (Å²) in [5.74, 6) is 0.784. The highest BCUT2D eigenvalue weighted by molar-refractivity contribution is 5.08. The van der Waals surface area contributed by atoms with Crippen LogP contribution in [0.5, 0.6) is 0 Å². The zero-order valence-corrected chi connectivity index (χ0v) is 7.12. The van der Waals surface area contributed by atoms with Gasteiger partial charge in [-0.05, 0) is 6.92 Å². The predicted octanol–water partition coefficient (Wildman–Crippen LogP) is 0.0396. The van der Waals surface area contributed by atoms with E-state index in [2.05, 4.69) is 14.9 Å². The number of nitrogens with zero attached hydrogens (tertiary/aromatic N) is 2. The van der Waals surface area contributed by atoms with Crippen LogP contribution in [0.3, 0.4) is 0 Å². The van der Waals surface area contributed by atoms with E-state index < -0.39 is 6.10 Å². The van der Waals surface area contributed by atoms with Gasteiger partial charge in [-0.2, -0.15) is 0 Å². The van der Waals surface area contributed by atoms with E-state index in [0.717, 1.165) is 31.2 Å². The molecule has 2 N–H and O–H groups in total. The van der Waals surface area contributed by atoms with Gasteiger partial charge in [0.15, 0.2) is 0 Å². The van der Waals surface area contributed by atoms with E-state index in [1.807, 2.05) is 6.20 Å². The number of nitrogens with one attached hydrogen (secondary N) is 1. The van der Waals surface area contributed by atoms with Crippen molar-refractivity contribution in [2.75, 3.05) is 6.54 Å².